The van der Waals surface area contributed by atoms with Gasteiger partial charge in [0, 0.05) is 17.0 Å². The van der Waals surface area contributed by atoms with Crippen LogP contribution in [-0.4, -0.2) is 11.5 Å². The number of aromatic nitrogens is 1. The highest BCUT2D eigenvalue weighted by atomic mass is 32.1. The van der Waals surface area contributed by atoms with E-state index >= 15 is 0 Å². The summed E-state index contributed by atoms with van der Waals surface area (Å²) in [6.07, 6.45) is 0. The van der Waals surface area contributed by atoms with E-state index in [9.17, 15) is 4.39 Å². The van der Waals surface area contributed by atoms with Crippen molar-refractivity contribution in [3.63, 3.8) is 0 Å². The van der Waals surface area contributed by atoms with Gasteiger partial charge in [0.1, 0.15) is 10.8 Å². The summed E-state index contributed by atoms with van der Waals surface area (Å²) in [6, 6.07) is 5.05. The van der Waals surface area contributed by atoms with E-state index in [2.05, 4.69) is 17.2 Å². The number of aryl methyl sites for hydroxylation is 2. The van der Waals surface area contributed by atoms with Crippen molar-refractivity contribution in [3.8, 4) is 10.6 Å². The van der Waals surface area contributed by atoms with E-state index in [4.69, 9.17) is 0 Å². The summed E-state index contributed by atoms with van der Waals surface area (Å²) in [6.45, 7) is 7.73. The lowest BCUT2D eigenvalue weighted by molar-refractivity contribution is 0.627. The molecule has 0 aliphatic rings. The summed E-state index contributed by atoms with van der Waals surface area (Å²) in [7, 11) is 0. The summed E-state index contributed by atoms with van der Waals surface area (Å²) in [5.41, 5.74) is 2.81. The van der Waals surface area contributed by atoms with Crippen LogP contribution in [0.1, 0.15) is 23.1 Å². The molecule has 0 saturated heterocycles. The predicted octanol–water partition coefficient (Wildman–Crippen LogP) is 3.68. The fourth-order valence-corrected chi connectivity index (χ4v) is 2.83. The Balaban J connectivity index is 2.33. The molecule has 1 N–H and O–H groups in total. The highest BCUT2D eigenvalue weighted by Crippen LogP contribution is 2.29. The van der Waals surface area contributed by atoms with Gasteiger partial charge in [-0.1, -0.05) is 6.92 Å². The summed E-state index contributed by atoms with van der Waals surface area (Å²) >= 11 is 1.63. The molecule has 0 atom stereocenters. The average Bonchev–Trinajstić information content (AvgIpc) is 2.67. The lowest BCUT2D eigenvalue weighted by Gasteiger charge is -1.99. The molecule has 0 saturated carbocycles. The quantitative estimate of drug-likeness (QED) is 0.911. The second-order valence-electron chi connectivity index (χ2n) is 4.33. The van der Waals surface area contributed by atoms with E-state index in [0.717, 1.165) is 34.9 Å². The lowest BCUT2D eigenvalue weighted by atomic mass is 10.1. The monoisotopic (exact) mass is 264 g/mol. The molecule has 0 fully saturated rings. The zero-order valence-electron chi connectivity index (χ0n) is 10.9. The van der Waals surface area contributed by atoms with Crippen molar-refractivity contribution < 1.29 is 4.39 Å². The van der Waals surface area contributed by atoms with Crippen LogP contribution in [-0.2, 0) is 6.54 Å². The van der Waals surface area contributed by atoms with Gasteiger partial charge in [-0.05, 0) is 44.2 Å². The van der Waals surface area contributed by atoms with Gasteiger partial charge in [-0.3, -0.25) is 0 Å². The van der Waals surface area contributed by atoms with E-state index in [1.165, 1.54) is 10.9 Å². The first-order valence-electron chi connectivity index (χ1n) is 6.04. The number of thiazole rings is 1. The lowest BCUT2D eigenvalue weighted by Crippen LogP contribution is -2.11. The van der Waals surface area contributed by atoms with Gasteiger partial charge in [-0.25, -0.2) is 9.37 Å². The van der Waals surface area contributed by atoms with Crippen LogP contribution < -0.4 is 5.32 Å². The van der Waals surface area contributed by atoms with E-state index in [1.54, 1.807) is 17.4 Å². The van der Waals surface area contributed by atoms with Gasteiger partial charge < -0.3 is 5.32 Å². The molecular weight excluding hydrogens is 247 g/mol. The summed E-state index contributed by atoms with van der Waals surface area (Å²) in [5.74, 6) is -0.203. The normalized spacial score (nSPS) is 10.9. The Morgan fingerprint density at radius 1 is 1.28 bits per heavy atom. The SMILES string of the molecule is CCNCc1sc(-c2cc(C)cc(F)c2)nc1C. The molecule has 0 amide bonds. The standard InChI is InChI=1S/C14H17FN2S/c1-4-16-8-13-10(3)17-14(18-13)11-5-9(2)6-12(15)7-11/h5-7,16H,4,8H2,1-3H3. The molecule has 0 aliphatic heterocycles. The molecule has 4 heteroatoms. The first-order chi connectivity index (χ1) is 8.60. The van der Waals surface area contributed by atoms with Gasteiger partial charge in [0.15, 0.2) is 0 Å². The third-order valence-corrected chi connectivity index (χ3v) is 3.92. The van der Waals surface area contributed by atoms with Crippen LogP contribution in [0.5, 0.6) is 0 Å². The highest BCUT2D eigenvalue weighted by molar-refractivity contribution is 7.15. The van der Waals surface area contributed by atoms with Crippen LogP contribution in [0.15, 0.2) is 18.2 Å². The maximum absolute atomic E-state index is 13.4. The number of nitrogens with zero attached hydrogens (tertiary/aromatic N) is 1. The average molecular weight is 264 g/mol. The minimum atomic E-state index is -0.203. The largest absolute Gasteiger partial charge is 0.312 e. The topological polar surface area (TPSA) is 24.9 Å². The number of benzene rings is 1. The van der Waals surface area contributed by atoms with Gasteiger partial charge in [-0.2, -0.15) is 0 Å². The van der Waals surface area contributed by atoms with E-state index in [-0.39, 0.29) is 5.82 Å². The van der Waals surface area contributed by atoms with Crippen LogP contribution >= 0.6 is 11.3 Å². The maximum atomic E-state index is 13.4. The number of halogens is 1. The third-order valence-electron chi connectivity index (χ3n) is 2.72. The molecule has 2 rings (SSSR count). The minimum Gasteiger partial charge on any atom is -0.312 e. The number of nitrogens with one attached hydrogen (secondary N) is 1. The first kappa shape index (κ1) is 13.2. The number of rotatable bonds is 4. The maximum Gasteiger partial charge on any atom is 0.124 e. The molecule has 0 radical (unpaired) electrons. The Morgan fingerprint density at radius 2 is 2.06 bits per heavy atom. The van der Waals surface area contributed by atoms with Crippen LogP contribution in [0.2, 0.25) is 0 Å². The molecule has 1 aromatic carbocycles. The molecule has 18 heavy (non-hydrogen) atoms. The second kappa shape index (κ2) is 5.59. The Hall–Kier alpha value is -1.26. The van der Waals surface area contributed by atoms with Crippen molar-refractivity contribution in [2.24, 2.45) is 0 Å². The van der Waals surface area contributed by atoms with Gasteiger partial charge in [0.25, 0.3) is 0 Å². The van der Waals surface area contributed by atoms with Crippen LogP contribution in [0.25, 0.3) is 10.6 Å². The highest BCUT2D eigenvalue weighted by Gasteiger charge is 2.10. The van der Waals surface area contributed by atoms with Gasteiger partial charge in [0.2, 0.25) is 0 Å². The van der Waals surface area contributed by atoms with Crippen molar-refractivity contribution in [2.75, 3.05) is 6.54 Å². The Labute approximate surface area is 111 Å². The smallest absolute Gasteiger partial charge is 0.124 e. The number of hydrogen-bond acceptors (Lipinski definition) is 3. The van der Waals surface area contributed by atoms with Gasteiger partial charge in [-0.15, -0.1) is 11.3 Å². The van der Waals surface area contributed by atoms with Crippen LogP contribution in [0.4, 0.5) is 4.39 Å². The fourth-order valence-electron chi connectivity index (χ4n) is 1.81. The minimum absolute atomic E-state index is 0.203. The van der Waals surface area contributed by atoms with E-state index < -0.39 is 0 Å². The molecule has 2 nitrogen and oxygen atoms in total. The Kier molecular flexibility index (Phi) is 4.09. The summed E-state index contributed by atoms with van der Waals surface area (Å²) in [5, 5.41) is 4.18. The molecule has 2 aromatic rings. The van der Waals surface area contributed by atoms with Gasteiger partial charge in [0.05, 0.1) is 5.69 Å². The van der Waals surface area contributed by atoms with E-state index in [1.807, 2.05) is 19.9 Å². The Morgan fingerprint density at radius 3 is 2.72 bits per heavy atom. The molecule has 0 aliphatic carbocycles. The van der Waals surface area contributed by atoms with Gasteiger partial charge >= 0.3 is 0 Å². The van der Waals surface area contributed by atoms with Crippen molar-refractivity contribution in [1.29, 1.82) is 0 Å². The molecule has 0 spiro atoms. The zero-order valence-corrected chi connectivity index (χ0v) is 11.7. The van der Waals surface area contributed by atoms with E-state index in [0.29, 0.717) is 0 Å². The molecule has 1 heterocycles. The molecule has 0 bridgehead atoms. The summed E-state index contributed by atoms with van der Waals surface area (Å²) in [4.78, 5) is 5.74. The van der Waals surface area contributed by atoms with Crippen molar-refractivity contribution in [1.82, 2.24) is 10.3 Å². The van der Waals surface area contributed by atoms with Crippen molar-refractivity contribution >= 4 is 11.3 Å². The van der Waals surface area contributed by atoms with Crippen LogP contribution in [0.3, 0.4) is 0 Å². The van der Waals surface area contributed by atoms with Crippen molar-refractivity contribution in [3.05, 3.63) is 40.2 Å². The molecule has 1 aromatic heterocycles. The first-order valence-corrected chi connectivity index (χ1v) is 6.86. The molecule has 0 unspecified atom stereocenters. The van der Waals surface area contributed by atoms with Crippen molar-refractivity contribution in [2.45, 2.75) is 27.3 Å². The zero-order chi connectivity index (χ0) is 13.1. The third kappa shape index (κ3) is 2.94. The molecular formula is C14H17FN2S. The number of hydrogen-bond donors (Lipinski definition) is 1. The summed E-state index contributed by atoms with van der Waals surface area (Å²) < 4.78 is 13.4. The van der Waals surface area contributed by atoms with Crippen LogP contribution in [0, 0.1) is 19.7 Å². The Bertz CT molecular complexity index is 528. The molecule has 96 valence electrons. The fraction of sp³-hybridized carbons (Fsp3) is 0.357. The predicted molar refractivity (Wildman–Crippen MR) is 74.4 cm³/mol. The second-order valence-corrected chi connectivity index (χ2v) is 5.41.